The van der Waals surface area contributed by atoms with Crippen LogP contribution in [0, 0.1) is 39.4 Å². The molecule has 0 saturated heterocycles. The molecule has 6 nitrogen and oxygen atoms in total. The Hall–Kier alpha value is -1.63. The van der Waals surface area contributed by atoms with Crippen LogP contribution in [0.4, 0.5) is 0 Å². The van der Waals surface area contributed by atoms with E-state index in [4.69, 9.17) is 15.2 Å². The van der Waals surface area contributed by atoms with Crippen LogP contribution in [0.15, 0.2) is 4.99 Å². The lowest BCUT2D eigenvalue weighted by Gasteiger charge is -2.28. The Labute approximate surface area is 93.3 Å². The second kappa shape index (κ2) is 2.73. The standard InChI is InChI=1S/C10H12N4O2/c1-6-8(4-11)7(13)14-10(15-2,16-3)9(6,8)5-12/h6H,1-3H3,(H2,13,14)/t6-,8-,9-/m0/s1. The number of ether oxygens (including phenoxy) is 2. The van der Waals surface area contributed by atoms with Gasteiger partial charge in [0, 0.05) is 20.1 Å². The number of hydrogen-bond acceptors (Lipinski definition) is 6. The van der Waals surface area contributed by atoms with Crippen molar-refractivity contribution < 1.29 is 9.47 Å². The molecule has 2 aliphatic rings. The molecule has 16 heavy (non-hydrogen) atoms. The third-order valence-corrected chi connectivity index (χ3v) is 3.91. The first-order valence-electron chi connectivity index (χ1n) is 4.81. The Balaban J connectivity index is 2.67. The quantitative estimate of drug-likeness (QED) is 0.658. The highest BCUT2D eigenvalue weighted by molar-refractivity contribution is 5.98. The Morgan fingerprint density at radius 2 is 1.88 bits per heavy atom. The van der Waals surface area contributed by atoms with Gasteiger partial charge < -0.3 is 15.2 Å². The van der Waals surface area contributed by atoms with Crippen LogP contribution in [0.25, 0.3) is 0 Å². The summed E-state index contributed by atoms with van der Waals surface area (Å²) in [4.78, 5) is 4.03. The Bertz CT molecular complexity index is 456. The SMILES string of the molecule is COC1(OC)N=C(N)[C@]2(C#N)[C@H](C)[C@]12C#N. The minimum Gasteiger partial charge on any atom is -0.386 e. The third kappa shape index (κ3) is 0.656. The maximum absolute atomic E-state index is 9.36. The number of aliphatic imine (C=N–C) groups is 1. The summed E-state index contributed by atoms with van der Waals surface area (Å²) in [5.41, 5.74) is 3.55. The first-order chi connectivity index (χ1) is 7.53. The van der Waals surface area contributed by atoms with Gasteiger partial charge in [0.1, 0.15) is 11.3 Å². The average Bonchev–Trinajstić information content (AvgIpc) is 2.77. The van der Waals surface area contributed by atoms with Crippen molar-refractivity contribution in [1.82, 2.24) is 0 Å². The normalized spacial score (nSPS) is 42.8. The van der Waals surface area contributed by atoms with E-state index in [1.165, 1.54) is 14.2 Å². The van der Waals surface area contributed by atoms with Gasteiger partial charge >= 0.3 is 0 Å². The highest BCUT2D eigenvalue weighted by atomic mass is 16.7. The van der Waals surface area contributed by atoms with Crippen LogP contribution in [-0.2, 0) is 9.47 Å². The van der Waals surface area contributed by atoms with Crippen LogP contribution in [0.2, 0.25) is 0 Å². The van der Waals surface area contributed by atoms with Crippen molar-refractivity contribution in [3.63, 3.8) is 0 Å². The summed E-state index contributed by atoms with van der Waals surface area (Å²) in [5, 5.41) is 18.6. The largest absolute Gasteiger partial charge is 0.386 e. The summed E-state index contributed by atoms with van der Waals surface area (Å²) < 4.78 is 10.4. The molecule has 1 heterocycles. The molecule has 0 unspecified atom stereocenters. The second-order valence-electron chi connectivity index (χ2n) is 4.05. The van der Waals surface area contributed by atoms with Crippen molar-refractivity contribution in [1.29, 1.82) is 10.5 Å². The average molecular weight is 220 g/mol. The van der Waals surface area contributed by atoms with Gasteiger partial charge in [-0.1, -0.05) is 6.92 Å². The number of methoxy groups -OCH3 is 2. The van der Waals surface area contributed by atoms with E-state index in [1.807, 2.05) is 0 Å². The number of amidine groups is 1. The van der Waals surface area contributed by atoms with Crippen molar-refractivity contribution in [3.05, 3.63) is 0 Å². The molecule has 0 aromatic rings. The topological polar surface area (TPSA) is 104 Å². The van der Waals surface area contributed by atoms with E-state index in [0.717, 1.165) is 0 Å². The first kappa shape index (κ1) is 10.9. The van der Waals surface area contributed by atoms with Crippen molar-refractivity contribution in [2.45, 2.75) is 12.8 Å². The van der Waals surface area contributed by atoms with Crippen LogP contribution in [-0.4, -0.2) is 26.0 Å². The number of nitrogens with zero attached hydrogens (tertiary/aromatic N) is 3. The molecular formula is C10H12N4O2. The second-order valence-corrected chi connectivity index (χ2v) is 4.05. The van der Waals surface area contributed by atoms with Gasteiger partial charge in [0.05, 0.1) is 12.1 Å². The van der Waals surface area contributed by atoms with Crippen molar-refractivity contribution in [2.75, 3.05) is 14.2 Å². The van der Waals surface area contributed by atoms with Gasteiger partial charge in [-0.05, 0) is 0 Å². The van der Waals surface area contributed by atoms with Crippen molar-refractivity contribution >= 4 is 5.84 Å². The van der Waals surface area contributed by atoms with Crippen LogP contribution in [0.3, 0.4) is 0 Å². The summed E-state index contributed by atoms with van der Waals surface area (Å²) >= 11 is 0. The van der Waals surface area contributed by atoms with Gasteiger partial charge in [0.25, 0.3) is 5.91 Å². The minimum atomic E-state index is -1.46. The lowest BCUT2D eigenvalue weighted by molar-refractivity contribution is -0.232. The zero-order valence-corrected chi connectivity index (χ0v) is 9.31. The molecule has 1 aliphatic heterocycles. The summed E-state index contributed by atoms with van der Waals surface area (Å²) in [6, 6.07) is 4.20. The zero-order chi connectivity index (χ0) is 12.2. The highest BCUT2D eigenvalue weighted by Crippen LogP contribution is 2.77. The first-order valence-corrected chi connectivity index (χ1v) is 4.81. The minimum absolute atomic E-state index is 0.118. The van der Waals surface area contributed by atoms with Gasteiger partial charge in [-0.3, -0.25) is 0 Å². The monoisotopic (exact) mass is 220 g/mol. The van der Waals surface area contributed by atoms with Gasteiger partial charge in [-0.2, -0.15) is 10.5 Å². The Morgan fingerprint density at radius 3 is 2.19 bits per heavy atom. The molecule has 84 valence electrons. The van der Waals surface area contributed by atoms with Crippen LogP contribution < -0.4 is 5.73 Å². The molecule has 0 aromatic heterocycles. The summed E-state index contributed by atoms with van der Waals surface area (Å²) in [6.07, 6.45) is 0. The third-order valence-electron chi connectivity index (χ3n) is 3.91. The number of nitrogens with two attached hydrogens (primary N) is 1. The van der Waals surface area contributed by atoms with Crippen molar-refractivity contribution in [2.24, 2.45) is 27.5 Å². The smallest absolute Gasteiger partial charge is 0.292 e. The van der Waals surface area contributed by atoms with E-state index in [-0.39, 0.29) is 11.8 Å². The number of fused-ring (bicyclic) bond motifs is 1. The summed E-state index contributed by atoms with van der Waals surface area (Å²) in [7, 11) is 2.77. The molecule has 0 aromatic carbocycles. The number of hydrogen-bond donors (Lipinski definition) is 1. The number of nitriles is 2. The summed E-state index contributed by atoms with van der Waals surface area (Å²) in [6.45, 7) is 1.78. The molecule has 0 spiro atoms. The van der Waals surface area contributed by atoms with Gasteiger partial charge in [-0.25, -0.2) is 4.99 Å². The fourth-order valence-electron chi connectivity index (χ4n) is 2.94. The maximum Gasteiger partial charge on any atom is 0.292 e. The van der Waals surface area contributed by atoms with Crippen molar-refractivity contribution in [3.8, 4) is 12.1 Å². The van der Waals surface area contributed by atoms with Gasteiger partial charge in [-0.15, -0.1) is 0 Å². The molecule has 0 amide bonds. The fourth-order valence-corrected chi connectivity index (χ4v) is 2.94. The Kier molecular flexibility index (Phi) is 1.86. The molecule has 0 radical (unpaired) electrons. The molecule has 1 saturated carbocycles. The lowest BCUT2D eigenvalue weighted by Crippen LogP contribution is -2.41. The molecule has 3 atom stereocenters. The molecular weight excluding hydrogens is 208 g/mol. The van der Waals surface area contributed by atoms with E-state index in [0.29, 0.717) is 0 Å². The fraction of sp³-hybridized carbons (Fsp3) is 0.700. The van der Waals surface area contributed by atoms with E-state index in [9.17, 15) is 10.5 Å². The number of rotatable bonds is 2. The van der Waals surface area contributed by atoms with E-state index in [2.05, 4.69) is 17.1 Å². The summed E-state index contributed by atoms with van der Waals surface area (Å²) in [5.74, 6) is -1.60. The van der Waals surface area contributed by atoms with Crippen LogP contribution >= 0.6 is 0 Å². The Morgan fingerprint density at radius 1 is 1.31 bits per heavy atom. The maximum atomic E-state index is 9.36. The van der Waals surface area contributed by atoms with Gasteiger partial charge in [0.15, 0.2) is 5.41 Å². The van der Waals surface area contributed by atoms with E-state index >= 15 is 0 Å². The molecule has 1 aliphatic carbocycles. The molecule has 6 heteroatoms. The van der Waals surface area contributed by atoms with E-state index in [1.54, 1.807) is 6.92 Å². The predicted molar refractivity (Wildman–Crippen MR) is 53.6 cm³/mol. The molecule has 1 fully saturated rings. The highest BCUT2D eigenvalue weighted by Gasteiger charge is 2.91. The van der Waals surface area contributed by atoms with Gasteiger partial charge in [0.2, 0.25) is 0 Å². The molecule has 0 bridgehead atoms. The van der Waals surface area contributed by atoms with Crippen LogP contribution in [0.5, 0.6) is 0 Å². The zero-order valence-electron chi connectivity index (χ0n) is 9.31. The van der Waals surface area contributed by atoms with E-state index < -0.39 is 16.7 Å². The van der Waals surface area contributed by atoms with Crippen LogP contribution in [0.1, 0.15) is 6.92 Å². The lowest BCUT2D eigenvalue weighted by atomic mass is 9.94. The molecule has 2 N–H and O–H groups in total. The predicted octanol–water partition coefficient (Wildman–Crippen LogP) is -0.0265. The molecule has 2 rings (SSSR count).